The number of para-hydroxylation sites is 1. The van der Waals surface area contributed by atoms with Gasteiger partial charge in [-0.3, -0.25) is 23.7 Å². The van der Waals surface area contributed by atoms with Crippen molar-refractivity contribution in [2.45, 2.75) is 22.7 Å². The van der Waals surface area contributed by atoms with Gasteiger partial charge in [0.15, 0.2) is 0 Å². The van der Waals surface area contributed by atoms with Gasteiger partial charge in [-0.1, -0.05) is 65.0 Å². The third-order valence-corrected chi connectivity index (χ3v) is 10.1. The van der Waals surface area contributed by atoms with Crippen LogP contribution >= 0.6 is 34.7 Å². The number of benzene rings is 3. The van der Waals surface area contributed by atoms with Crippen LogP contribution < -0.4 is 20.0 Å². The number of aromatic nitrogens is 1. The first kappa shape index (κ1) is 27.3. The number of carbonyl (C=O) groups is 3. The normalized spacial score (nSPS) is 19.6. The van der Waals surface area contributed by atoms with Crippen LogP contribution in [0.25, 0.3) is 0 Å². The summed E-state index contributed by atoms with van der Waals surface area (Å²) in [6.07, 6.45) is 0. The van der Waals surface area contributed by atoms with Gasteiger partial charge in [0, 0.05) is 41.3 Å². The van der Waals surface area contributed by atoms with E-state index in [1.165, 1.54) is 21.2 Å². The molecule has 0 radical (unpaired) electrons. The molecule has 0 saturated carbocycles. The molecule has 3 atom stereocenters. The van der Waals surface area contributed by atoms with Crippen LogP contribution in [0.1, 0.15) is 16.4 Å². The number of hydrogen-bond acceptors (Lipinski definition) is 7. The van der Waals surface area contributed by atoms with E-state index in [-0.39, 0.29) is 29.1 Å². The lowest BCUT2D eigenvalue weighted by molar-refractivity contribution is -0.122. The lowest BCUT2D eigenvalue weighted by atomic mass is 9.83. The average molecular weight is 605 g/mol. The molecule has 2 aliphatic rings. The van der Waals surface area contributed by atoms with Crippen LogP contribution in [0.15, 0.2) is 88.7 Å². The zero-order valence-corrected chi connectivity index (χ0v) is 24.5. The van der Waals surface area contributed by atoms with Crippen LogP contribution in [0.4, 0.5) is 17.1 Å². The molecule has 8 nitrogen and oxygen atoms in total. The number of imide groups is 1. The van der Waals surface area contributed by atoms with Gasteiger partial charge in [0.1, 0.15) is 11.8 Å². The van der Waals surface area contributed by atoms with Crippen molar-refractivity contribution in [1.82, 2.24) is 4.57 Å². The number of thiazole rings is 1. The summed E-state index contributed by atoms with van der Waals surface area (Å²) >= 11 is 8.28. The van der Waals surface area contributed by atoms with Crippen molar-refractivity contribution < 1.29 is 14.4 Å². The van der Waals surface area contributed by atoms with Crippen molar-refractivity contribution in [2.75, 3.05) is 29.2 Å². The van der Waals surface area contributed by atoms with Crippen LogP contribution in [-0.2, 0) is 20.9 Å². The van der Waals surface area contributed by atoms with Crippen LogP contribution in [-0.4, -0.2) is 41.6 Å². The molecular formula is C30H25ClN4O4S2. The van der Waals surface area contributed by atoms with Crippen molar-refractivity contribution >= 4 is 69.5 Å². The maximum atomic E-state index is 14.0. The Morgan fingerprint density at radius 3 is 2.27 bits per heavy atom. The summed E-state index contributed by atoms with van der Waals surface area (Å²) < 4.78 is 1.42. The fraction of sp³-hybridized carbons (Fsp3) is 0.200. The minimum Gasteiger partial charge on any atom is -0.378 e. The van der Waals surface area contributed by atoms with E-state index >= 15 is 0 Å². The summed E-state index contributed by atoms with van der Waals surface area (Å²) in [7, 11) is 3.88. The van der Waals surface area contributed by atoms with Gasteiger partial charge in [0.25, 0.3) is 0 Å². The molecule has 0 unspecified atom stereocenters. The number of thioether (sulfide) groups is 1. The Kier molecular flexibility index (Phi) is 7.23. The summed E-state index contributed by atoms with van der Waals surface area (Å²) in [5.41, 5.74) is 2.88. The van der Waals surface area contributed by atoms with Crippen LogP contribution in [0.5, 0.6) is 0 Å². The van der Waals surface area contributed by atoms with Crippen molar-refractivity contribution in [3.8, 4) is 0 Å². The van der Waals surface area contributed by atoms with E-state index in [9.17, 15) is 19.2 Å². The van der Waals surface area contributed by atoms with Crippen molar-refractivity contribution in [3.05, 3.63) is 104 Å². The second kappa shape index (κ2) is 10.8. The van der Waals surface area contributed by atoms with Crippen LogP contribution in [0.3, 0.4) is 0 Å². The molecule has 4 aromatic rings. The highest BCUT2D eigenvalue weighted by Crippen LogP contribution is 2.54. The molecule has 1 saturated heterocycles. The minimum atomic E-state index is -0.762. The van der Waals surface area contributed by atoms with Gasteiger partial charge in [0.2, 0.25) is 17.7 Å². The maximum absolute atomic E-state index is 14.0. The molecule has 3 heterocycles. The van der Waals surface area contributed by atoms with Crippen LogP contribution in [0, 0.1) is 5.92 Å². The van der Waals surface area contributed by atoms with Gasteiger partial charge in [-0.15, -0.1) is 0 Å². The summed E-state index contributed by atoms with van der Waals surface area (Å²) in [5.74, 6) is -2.28. The predicted molar refractivity (Wildman–Crippen MR) is 163 cm³/mol. The van der Waals surface area contributed by atoms with Gasteiger partial charge in [-0.05, 0) is 54.1 Å². The Labute approximate surface area is 249 Å². The number of halogens is 1. The molecule has 1 N–H and O–H groups in total. The van der Waals surface area contributed by atoms with Crippen molar-refractivity contribution in [3.63, 3.8) is 0 Å². The van der Waals surface area contributed by atoms with Crippen LogP contribution in [0.2, 0.25) is 5.02 Å². The molecule has 0 spiro atoms. The smallest absolute Gasteiger partial charge is 0.308 e. The van der Waals surface area contributed by atoms with Gasteiger partial charge >= 0.3 is 4.87 Å². The lowest BCUT2D eigenvalue weighted by Crippen LogP contribution is -2.33. The fourth-order valence-corrected chi connectivity index (χ4v) is 8.20. The van der Waals surface area contributed by atoms with Gasteiger partial charge < -0.3 is 10.2 Å². The number of rotatable bonds is 6. The van der Waals surface area contributed by atoms with E-state index in [4.69, 9.17) is 11.6 Å². The number of anilines is 3. The quantitative estimate of drug-likeness (QED) is 0.309. The summed E-state index contributed by atoms with van der Waals surface area (Å²) in [5, 5.41) is 3.10. The first-order chi connectivity index (χ1) is 19.7. The SMILES string of the molecule is CN(C)c1ccc([C@@H]2c3sc(=O)n(CC(=O)Nc4ccccc4)c3S[C@H]3C(=O)N(c4ccc(Cl)cc4)C(=O)[C@@H]23)cc1. The molecule has 0 aliphatic carbocycles. The molecule has 1 fully saturated rings. The van der Waals surface area contributed by atoms with E-state index in [1.807, 2.05) is 61.5 Å². The molecule has 41 heavy (non-hydrogen) atoms. The number of carbonyl (C=O) groups excluding carboxylic acids is 3. The first-order valence-corrected chi connectivity index (χ1v) is 15.0. The van der Waals surface area contributed by atoms with Crippen molar-refractivity contribution in [2.24, 2.45) is 5.92 Å². The number of nitrogens with zero attached hydrogens (tertiary/aromatic N) is 3. The monoisotopic (exact) mass is 604 g/mol. The molecule has 0 bridgehead atoms. The average Bonchev–Trinajstić information content (AvgIpc) is 3.40. The predicted octanol–water partition coefficient (Wildman–Crippen LogP) is 5.06. The van der Waals surface area contributed by atoms with E-state index in [2.05, 4.69) is 5.32 Å². The Balaban J connectivity index is 1.42. The van der Waals surface area contributed by atoms with E-state index in [1.54, 1.807) is 36.4 Å². The molecular weight excluding hydrogens is 580 g/mol. The highest BCUT2D eigenvalue weighted by atomic mass is 35.5. The molecule has 1 aromatic heterocycles. The van der Waals surface area contributed by atoms with Gasteiger partial charge in [0.05, 0.1) is 16.6 Å². The largest absolute Gasteiger partial charge is 0.378 e. The summed E-state index contributed by atoms with van der Waals surface area (Å²) in [6.45, 7) is -0.209. The Morgan fingerprint density at radius 2 is 1.61 bits per heavy atom. The maximum Gasteiger partial charge on any atom is 0.308 e. The molecule has 3 aromatic carbocycles. The van der Waals surface area contributed by atoms with E-state index in [0.29, 0.717) is 26.3 Å². The third kappa shape index (κ3) is 4.96. The minimum absolute atomic E-state index is 0.209. The number of nitrogens with one attached hydrogen (secondary N) is 1. The highest BCUT2D eigenvalue weighted by molar-refractivity contribution is 8.00. The van der Waals surface area contributed by atoms with E-state index < -0.39 is 17.1 Å². The topological polar surface area (TPSA) is 91.7 Å². The summed E-state index contributed by atoms with van der Waals surface area (Å²) in [4.78, 5) is 57.6. The second-order valence-corrected chi connectivity index (χ2v) is 12.6. The molecule has 3 amide bonds. The molecule has 208 valence electrons. The van der Waals surface area contributed by atoms with E-state index in [0.717, 1.165) is 22.6 Å². The fourth-order valence-electron chi connectivity index (χ4n) is 5.30. The first-order valence-electron chi connectivity index (χ1n) is 12.9. The summed E-state index contributed by atoms with van der Waals surface area (Å²) in [6, 6.07) is 23.4. The molecule has 2 aliphatic heterocycles. The Morgan fingerprint density at radius 1 is 0.927 bits per heavy atom. The highest BCUT2D eigenvalue weighted by Gasteiger charge is 2.56. The number of hydrogen-bond donors (Lipinski definition) is 1. The number of amides is 3. The van der Waals surface area contributed by atoms with Gasteiger partial charge in [-0.2, -0.15) is 0 Å². The Hall–Kier alpha value is -3.86. The number of fused-ring (bicyclic) bond motifs is 2. The lowest BCUT2D eigenvalue weighted by Gasteiger charge is -2.31. The molecule has 6 rings (SSSR count). The second-order valence-electron chi connectivity index (χ2n) is 10.1. The van der Waals surface area contributed by atoms with Gasteiger partial charge in [-0.25, -0.2) is 4.90 Å². The zero-order valence-electron chi connectivity index (χ0n) is 22.1. The van der Waals surface area contributed by atoms with Crippen molar-refractivity contribution in [1.29, 1.82) is 0 Å². The Bertz CT molecular complexity index is 1700. The third-order valence-electron chi connectivity index (χ3n) is 7.26. The molecule has 11 heteroatoms. The zero-order chi connectivity index (χ0) is 28.8. The standard InChI is InChI=1S/C30H25ClN4O4S2/c1-33(2)20-12-8-17(9-13-20)23-24-25(28(38)35(27(24)37)21-14-10-18(31)11-15-21)40-29-26(23)41-30(39)34(29)16-22(36)32-19-6-4-3-5-7-19/h3-15,23-25H,16H2,1-2H3,(H,32,36)/t23-,24-,25+/m0/s1.